The summed E-state index contributed by atoms with van der Waals surface area (Å²) >= 11 is 0. The van der Waals surface area contributed by atoms with Crippen LogP contribution in [0.1, 0.15) is 5.56 Å². The lowest BCUT2D eigenvalue weighted by Gasteiger charge is -2.15. The zero-order valence-electron chi connectivity index (χ0n) is 16.4. The molecule has 4 aromatic rings. The van der Waals surface area contributed by atoms with Gasteiger partial charge in [-0.1, -0.05) is 48.5 Å². The standard InChI is InChI=1S/C23H22N4O.H3NO/c24-17-11-9-15(10-12-17)18-5-2-4-8-22(18)27-23(28)20(25)13-16-14-26-21-7-3-1-6-19(16)21;1-2/h1-12,14,20,26H,13,24-25H2,(H,27,28);2H,1H2. The first kappa shape index (κ1) is 21.1. The van der Waals surface area contributed by atoms with E-state index in [4.69, 9.17) is 16.7 Å². The van der Waals surface area contributed by atoms with Gasteiger partial charge in [0.25, 0.3) is 0 Å². The van der Waals surface area contributed by atoms with E-state index in [1.165, 1.54) is 0 Å². The van der Waals surface area contributed by atoms with Crippen molar-refractivity contribution in [1.29, 1.82) is 0 Å². The van der Waals surface area contributed by atoms with E-state index in [0.717, 1.165) is 33.3 Å². The van der Waals surface area contributed by atoms with Crippen molar-refractivity contribution in [3.63, 3.8) is 0 Å². The molecule has 0 fully saturated rings. The molecule has 0 saturated carbocycles. The molecule has 1 aromatic heterocycles. The topological polar surface area (TPSA) is 143 Å². The van der Waals surface area contributed by atoms with E-state index >= 15 is 0 Å². The molecule has 154 valence electrons. The number of nitrogen functional groups attached to an aromatic ring is 1. The fraction of sp³-hybridized carbons (Fsp3) is 0.0870. The van der Waals surface area contributed by atoms with Crippen molar-refractivity contribution in [3.8, 4) is 11.1 Å². The Morgan fingerprint density at radius 1 is 0.967 bits per heavy atom. The lowest BCUT2D eigenvalue weighted by atomic mass is 10.0. The molecule has 0 spiro atoms. The van der Waals surface area contributed by atoms with Crippen molar-refractivity contribution in [2.45, 2.75) is 12.5 Å². The molecule has 9 N–H and O–H groups in total. The highest BCUT2D eigenvalue weighted by atomic mass is 16.4. The number of fused-ring (bicyclic) bond motifs is 1. The number of hydrogen-bond acceptors (Lipinski definition) is 5. The molecule has 1 heterocycles. The molecule has 7 nitrogen and oxygen atoms in total. The fourth-order valence-electron chi connectivity index (χ4n) is 3.36. The molecule has 0 aliphatic rings. The molecular weight excluding hydrogens is 378 g/mol. The van der Waals surface area contributed by atoms with E-state index in [2.05, 4.69) is 16.2 Å². The number of aromatic nitrogens is 1. The van der Waals surface area contributed by atoms with E-state index < -0.39 is 6.04 Å². The molecule has 0 aliphatic heterocycles. The maximum Gasteiger partial charge on any atom is 0.241 e. The van der Waals surface area contributed by atoms with Crippen LogP contribution in [-0.2, 0) is 11.2 Å². The van der Waals surface area contributed by atoms with Crippen LogP contribution >= 0.6 is 0 Å². The van der Waals surface area contributed by atoms with Crippen LogP contribution in [0, 0.1) is 0 Å². The predicted molar refractivity (Wildman–Crippen MR) is 121 cm³/mol. The molecule has 0 saturated heterocycles. The summed E-state index contributed by atoms with van der Waals surface area (Å²) in [6, 6.07) is 22.6. The van der Waals surface area contributed by atoms with Gasteiger partial charge in [0.2, 0.25) is 5.91 Å². The van der Waals surface area contributed by atoms with Crippen LogP contribution in [0.5, 0.6) is 0 Å². The van der Waals surface area contributed by atoms with Gasteiger partial charge in [0.1, 0.15) is 0 Å². The molecule has 0 aliphatic carbocycles. The number of hydrogen-bond donors (Lipinski definition) is 6. The second-order valence-electron chi connectivity index (χ2n) is 6.83. The second kappa shape index (κ2) is 9.71. The van der Waals surface area contributed by atoms with Crippen LogP contribution < -0.4 is 22.7 Å². The van der Waals surface area contributed by atoms with Gasteiger partial charge in [-0.3, -0.25) is 4.79 Å². The fourth-order valence-corrected chi connectivity index (χ4v) is 3.36. The van der Waals surface area contributed by atoms with Crippen LogP contribution in [0.25, 0.3) is 22.0 Å². The van der Waals surface area contributed by atoms with Crippen molar-refractivity contribution in [2.24, 2.45) is 11.6 Å². The number of carbonyl (C=O) groups is 1. The number of nitrogens with two attached hydrogens (primary N) is 3. The highest BCUT2D eigenvalue weighted by Gasteiger charge is 2.17. The third-order valence-corrected chi connectivity index (χ3v) is 4.86. The average Bonchev–Trinajstić information content (AvgIpc) is 3.19. The number of carbonyl (C=O) groups excluding carboxylic acids is 1. The highest BCUT2D eigenvalue weighted by Crippen LogP contribution is 2.28. The summed E-state index contributed by atoms with van der Waals surface area (Å²) in [5.74, 6) is 3.29. The average molecular weight is 403 g/mol. The van der Waals surface area contributed by atoms with Gasteiger partial charge in [0.15, 0.2) is 0 Å². The molecule has 3 aromatic carbocycles. The van der Waals surface area contributed by atoms with E-state index in [-0.39, 0.29) is 5.91 Å². The summed E-state index contributed by atoms with van der Waals surface area (Å²) in [7, 11) is 0. The minimum absolute atomic E-state index is 0.215. The largest absolute Gasteiger partial charge is 0.399 e. The van der Waals surface area contributed by atoms with Crippen LogP contribution in [0.4, 0.5) is 11.4 Å². The SMILES string of the molecule is NO.Nc1ccc(-c2ccccc2NC(=O)C(N)Cc2c[nH]c3ccccc23)cc1. The Hall–Kier alpha value is -3.65. The first-order valence-electron chi connectivity index (χ1n) is 9.44. The third-order valence-electron chi connectivity index (χ3n) is 4.86. The van der Waals surface area contributed by atoms with Gasteiger partial charge < -0.3 is 27.0 Å². The number of anilines is 2. The van der Waals surface area contributed by atoms with Crippen molar-refractivity contribution >= 4 is 28.2 Å². The molecule has 0 bridgehead atoms. The van der Waals surface area contributed by atoms with Gasteiger partial charge in [-0.25, -0.2) is 5.90 Å². The summed E-state index contributed by atoms with van der Waals surface area (Å²) in [6.07, 6.45) is 2.38. The maximum absolute atomic E-state index is 12.7. The zero-order valence-corrected chi connectivity index (χ0v) is 16.4. The zero-order chi connectivity index (χ0) is 21.5. The number of aromatic amines is 1. The summed E-state index contributed by atoms with van der Waals surface area (Å²) in [4.78, 5) is 16.0. The van der Waals surface area contributed by atoms with Crippen molar-refractivity contribution in [3.05, 3.63) is 84.6 Å². The van der Waals surface area contributed by atoms with Crippen LogP contribution in [0.3, 0.4) is 0 Å². The molecule has 4 rings (SSSR count). The molecule has 7 heteroatoms. The van der Waals surface area contributed by atoms with E-state index in [9.17, 15) is 4.79 Å². The minimum atomic E-state index is -0.654. The molecule has 1 atom stereocenters. The number of nitrogens with one attached hydrogen (secondary N) is 2. The maximum atomic E-state index is 12.7. The van der Waals surface area contributed by atoms with Gasteiger partial charge in [-0.15, -0.1) is 0 Å². The summed E-state index contributed by atoms with van der Waals surface area (Å²) < 4.78 is 0. The Balaban J connectivity index is 0.00000124. The van der Waals surface area contributed by atoms with Gasteiger partial charge in [0, 0.05) is 34.0 Å². The van der Waals surface area contributed by atoms with E-state index in [0.29, 0.717) is 12.1 Å². The molecule has 1 unspecified atom stereocenters. The van der Waals surface area contributed by atoms with E-state index in [1.54, 1.807) is 0 Å². The lowest BCUT2D eigenvalue weighted by molar-refractivity contribution is -0.117. The first-order chi connectivity index (χ1) is 14.6. The second-order valence-corrected chi connectivity index (χ2v) is 6.83. The summed E-state index contributed by atoms with van der Waals surface area (Å²) in [5, 5.41) is 10.6. The van der Waals surface area contributed by atoms with Crippen LogP contribution in [0.15, 0.2) is 79.0 Å². The smallest absolute Gasteiger partial charge is 0.241 e. The van der Waals surface area contributed by atoms with Crippen molar-refractivity contribution in [1.82, 2.24) is 4.98 Å². The Labute approximate surface area is 174 Å². The molecule has 1 amide bonds. The van der Waals surface area contributed by atoms with Gasteiger partial charge >= 0.3 is 0 Å². The number of rotatable bonds is 5. The van der Waals surface area contributed by atoms with Crippen molar-refractivity contribution < 1.29 is 10.0 Å². The van der Waals surface area contributed by atoms with Gasteiger partial charge in [-0.05, 0) is 41.8 Å². The lowest BCUT2D eigenvalue weighted by Crippen LogP contribution is -2.37. The Morgan fingerprint density at radius 3 is 2.40 bits per heavy atom. The predicted octanol–water partition coefficient (Wildman–Crippen LogP) is 3.26. The minimum Gasteiger partial charge on any atom is -0.399 e. The Morgan fingerprint density at radius 2 is 1.63 bits per heavy atom. The number of benzene rings is 3. The molecular formula is C23H25N5O2. The van der Waals surface area contributed by atoms with Gasteiger partial charge in [-0.2, -0.15) is 0 Å². The highest BCUT2D eigenvalue weighted by molar-refractivity contribution is 5.99. The number of amides is 1. The summed E-state index contributed by atoms with van der Waals surface area (Å²) in [5.41, 5.74) is 17.4. The van der Waals surface area contributed by atoms with E-state index in [1.807, 2.05) is 79.0 Å². The molecule has 30 heavy (non-hydrogen) atoms. The Bertz CT molecular complexity index is 1120. The molecule has 0 radical (unpaired) electrons. The normalized spacial score (nSPS) is 11.4. The monoisotopic (exact) mass is 403 g/mol. The summed E-state index contributed by atoms with van der Waals surface area (Å²) in [6.45, 7) is 0. The van der Waals surface area contributed by atoms with Crippen LogP contribution in [0.2, 0.25) is 0 Å². The number of H-pyrrole nitrogens is 1. The van der Waals surface area contributed by atoms with Crippen LogP contribution in [-0.4, -0.2) is 22.1 Å². The number of para-hydroxylation sites is 2. The first-order valence-corrected chi connectivity index (χ1v) is 9.44. The van der Waals surface area contributed by atoms with Crippen molar-refractivity contribution in [2.75, 3.05) is 11.1 Å². The third kappa shape index (κ3) is 4.66. The quantitative estimate of drug-likeness (QED) is 0.224. The Kier molecular flexibility index (Phi) is 6.82. The van der Waals surface area contributed by atoms with Gasteiger partial charge in [0.05, 0.1) is 6.04 Å².